The monoisotopic (exact) mass is 266 g/mol. The summed E-state index contributed by atoms with van der Waals surface area (Å²) in [5, 5.41) is 3.24. The van der Waals surface area contributed by atoms with E-state index in [4.69, 9.17) is 5.73 Å². The molecule has 3 nitrogen and oxygen atoms in total. The first-order chi connectivity index (χ1) is 8.58. The van der Waals surface area contributed by atoms with Crippen LogP contribution >= 0.6 is 11.8 Å². The number of primary amides is 1. The molecule has 0 spiro atoms. The van der Waals surface area contributed by atoms with Gasteiger partial charge in [-0.25, -0.2) is 0 Å². The normalized spacial score (nSPS) is 14.1. The quantitative estimate of drug-likeness (QED) is 0.710. The van der Waals surface area contributed by atoms with E-state index >= 15 is 0 Å². The third-order valence-electron chi connectivity index (χ3n) is 2.92. The zero-order valence-corrected chi connectivity index (χ0v) is 11.9. The number of hydrogen-bond donors (Lipinski definition) is 2. The third kappa shape index (κ3) is 4.70. The highest BCUT2D eigenvalue weighted by molar-refractivity contribution is 7.99. The van der Waals surface area contributed by atoms with Crippen molar-refractivity contribution in [3.63, 3.8) is 0 Å². The highest BCUT2D eigenvalue weighted by Crippen LogP contribution is 2.21. The van der Waals surface area contributed by atoms with Crippen molar-refractivity contribution < 1.29 is 4.79 Å². The number of carbonyl (C=O) groups excluding carboxylic acids is 1. The largest absolute Gasteiger partial charge is 0.368 e. The Balaban J connectivity index is 2.45. The highest BCUT2D eigenvalue weighted by atomic mass is 32.2. The average Bonchev–Trinajstić information content (AvgIpc) is 2.37. The first kappa shape index (κ1) is 15.1. The molecule has 0 aliphatic heterocycles. The minimum atomic E-state index is -0.599. The van der Waals surface area contributed by atoms with E-state index in [0.717, 1.165) is 25.1 Å². The molecule has 1 rings (SSSR count). The first-order valence-electron chi connectivity index (χ1n) is 6.31. The SMILES string of the molecule is CCCNC(C)(CCSc1ccccc1)C(N)=O. The van der Waals surface area contributed by atoms with Crippen molar-refractivity contribution in [2.75, 3.05) is 12.3 Å². The molecule has 1 amide bonds. The van der Waals surface area contributed by atoms with Crippen molar-refractivity contribution in [2.24, 2.45) is 5.73 Å². The first-order valence-corrected chi connectivity index (χ1v) is 7.30. The van der Waals surface area contributed by atoms with Gasteiger partial charge >= 0.3 is 0 Å². The maximum absolute atomic E-state index is 11.5. The molecule has 100 valence electrons. The molecule has 0 aliphatic rings. The minimum Gasteiger partial charge on any atom is -0.368 e. The van der Waals surface area contributed by atoms with E-state index < -0.39 is 5.54 Å². The number of carbonyl (C=O) groups is 1. The van der Waals surface area contributed by atoms with Gasteiger partial charge in [-0.2, -0.15) is 0 Å². The van der Waals surface area contributed by atoms with E-state index in [1.165, 1.54) is 4.90 Å². The van der Waals surface area contributed by atoms with Crippen LogP contribution in [0.15, 0.2) is 35.2 Å². The minimum absolute atomic E-state index is 0.274. The van der Waals surface area contributed by atoms with Gasteiger partial charge in [-0.3, -0.25) is 4.79 Å². The fourth-order valence-corrected chi connectivity index (χ4v) is 2.68. The molecule has 0 aromatic heterocycles. The van der Waals surface area contributed by atoms with Crippen LogP contribution in [0.25, 0.3) is 0 Å². The molecule has 0 saturated heterocycles. The number of nitrogens with one attached hydrogen (secondary N) is 1. The van der Waals surface area contributed by atoms with Crippen molar-refractivity contribution in [3.8, 4) is 0 Å². The molecular formula is C14H22N2OS. The molecule has 0 fully saturated rings. The summed E-state index contributed by atoms with van der Waals surface area (Å²) < 4.78 is 0. The summed E-state index contributed by atoms with van der Waals surface area (Å²) in [4.78, 5) is 12.7. The lowest BCUT2D eigenvalue weighted by atomic mass is 9.98. The molecule has 0 aliphatic carbocycles. The van der Waals surface area contributed by atoms with Crippen LogP contribution in [0.3, 0.4) is 0 Å². The zero-order valence-electron chi connectivity index (χ0n) is 11.1. The van der Waals surface area contributed by atoms with Gasteiger partial charge in [-0.15, -0.1) is 11.8 Å². The lowest BCUT2D eigenvalue weighted by Crippen LogP contribution is -2.53. The summed E-state index contributed by atoms with van der Waals surface area (Å²) in [5.74, 6) is 0.602. The van der Waals surface area contributed by atoms with Gasteiger partial charge in [0.1, 0.15) is 0 Å². The van der Waals surface area contributed by atoms with Crippen LogP contribution in [-0.4, -0.2) is 23.7 Å². The summed E-state index contributed by atoms with van der Waals surface area (Å²) in [5.41, 5.74) is 4.88. The van der Waals surface area contributed by atoms with Crippen LogP contribution in [-0.2, 0) is 4.79 Å². The average molecular weight is 266 g/mol. The molecular weight excluding hydrogens is 244 g/mol. The second-order valence-corrected chi connectivity index (χ2v) is 5.70. The Kier molecular flexibility index (Phi) is 6.22. The second-order valence-electron chi connectivity index (χ2n) is 4.53. The van der Waals surface area contributed by atoms with Crippen molar-refractivity contribution in [2.45, 2.75) is 37.1 Å². The van der Waals surface area contributed by atoms with Gasteiger partial charge in [0.25, 0.3) is 0 Å². The summed E-state index contributed by atoms with van der Waals surface area (Å²) in [6, 6.07) is 10.2. The van der Waals surface area contributed by atoms with Crippen molar-refractivity contribution in [1.29, 1.82) is 0 Å². The number of thioether (sulfide) groups is 1. The number of rotatable bonds is 8. The maximum Gasteiger partial charge on any atom is 0.237 e. The molecule has 4 heteroatoms. The molecule has 0 radical (unpaired) electrons. The fourth-order valence-electron chi connectivity index (χ4n) is 1.59. The van der Waals surface area contributed by atoms with Gasteiger partial charge < -0.3 is 11.1 Å². The molecule has 18 heavy (non-hydrogen) atoms. The van der Waals surface area contributed by atoms with Crippen LogP contribution in [0.2, 0.25) is 0 Å². The summed E-state index contributed by atoms with van der Waals surface area (Å²) >= 11 is 1.75. The Morgan fingerprint density at radius 2 is 2.06 bits per heavy atom. The fraction of sp³-hybridized carbons (Fsp3) is 0.500. The molecule has 0 bridgehead atoms. The molecule has 3 N–H and O–H groups in total. The van der Waals surface area contributed by atoms with Crippen LogP contribution in [0.1, 0.15) is 26.7 Å². The van der Waals surface area contributed by atoms with E-state index in [1.54, 1.807) is 11.8 Å². The molecule has 0 saturated carbocycles. The molecule has 0 heterocycles. The predicted molar refractivity (Wildman–Crippen MR) is 77.7 cm³/mol. The highest BCUT2D eigenvalue weighted by Gasteiger charge is 2.29. The van der Waals surface area contributed by atoms with E-state index in [-0.39, 0.29) is 5.91 Å². The number of benzene rings is 1. The second kappa shape index (κ2) is 7.44. The van der Waals surface area contributed by atoms with E-state index in [1.807, 2.05) is 25.1 Å². The summed E-state index contributed by atoms with van der Waals surface area (Å²) in [7, 11) is 0. The zero-order chi connectivity index (χ0) is 13.4. The van der Waals surface area contributed by atoms with Gasteiger partial charge in [0.15, 0.2) is 0 Å². The van der Waals surface area contributed by atoms with E-state index in [0.29, 0.717) is 0 Å². The Labute approximate surface area is 114 Å². The summed E-state index contributed by atoms with van der Waals surface area (Å²) in [6.07, 6.45) is 1.73. The maximum atomic E-state index is 11.5. The van der Waals surface area contributed by atoms with E-state index in [9.17, 15) is 4.79 Å². The van der Waals surface area contributed by atoms with Crippen LogP contribution < -0.4 is 11.1 Å². The Morgan fingerprint density at radius 3 is 2.61 bits per heavy atom. The van der Waals surface area contributed by atoms with Gasteiger partial charge in [0.2, 0.25) is 5.91 Å². The predicted octanol–water partition coefficient (Wildman–Crippen LogP) is 2.41. The van der Waals surface area contributed by atoms with Crippen LogP contribution in [0.5, 0.6) is 0 Å². The molecule has 1 aromatic carbocycles. The van der Waals surface area contributed by atoms with Gasteiger partial charge in [-0.05, 0) is 38.4 Å². The molecule has 1 aromatic rings. The lowest BCUT2D eigenvalue weighted by molar-refractivity contribution is -0.123. The number of nitrogens with two attached hydrogens (primary N) is 1. The Hall–Kier alpha value is -1.00. The van der Waals surface area contributed by atoms with Crippen molar-refractivity contribution >= 4 is 17.7 Å². The third-order valence-corrected chi connectivity index (χ3v) is 3.94. The van der Waals surface area contributed by atoms with E-state index in [2.05, 4.69) is 24.4 Å². The van der Waals surface area contributed by atoms with Gasteiger partial charge in [0.05, 0.1) is 5.54 Å². The topological polar surface area (TPSA) is 55.1 Å². The smallest absolute Gasteiger partial charge is 0.237 e. The van der Waals surface area contributed by atoms with Gasteiger partial charge in [0, 0.05) is 10.6 Å². The number of hydrogen-bond acceptors (Lipinski definition) is 3. The van der Waals surface area contributed by atoms with Gasteiger partial charge in [-0.1, -0.05) is 25.1 Å². The molecule has 1 unspecified atom stereocenters. The van der Waals surface area contributed by atoms with Crippen molar-refractivity contribution in [3.05, 3.63) is 30.3 Å². The van der Waals surface area contributed by atoms with Crippen LogP contribution in [0.4, 0.5) is 0 Å². The van der Waals surface area contributed by atoms with Crippen molar-refractivity contribution in [1.82, 2.24) is 5.32 Å². The Bertz CT molecular complexity index is 369. The Morgan fingerprint density at radius 1 is 1.39 bits per heavy atom. The molecule has 1 atom stereocenters. The summed E-state index contributed by atoms with van der Waals surface area (Å²) in [6.45, 7) is 4.78. The standard InChI is InChI=1S/C14H22N2OS/c1-3-10-16-14(2,13(15)17)9-11-18-12-7-5-4-6-8-12/h4-8,16H,3,9-11H2,1-2H3,(H2,15,17). The van der Waals surface area contributed by atoms with Crippen LogP contribution in [0, 0.1) is 0 Å². The number of amides is 1. The lowest BCUT2D eigenvalue weighted by Gasteiger charge is -2.27.